The first kappa shape index (κ1) is 26.0. The molecule has 1 amide bonds. The maximum atomic E-state index is 12.8. The molecule has 2 aromatic carbocycles. The number of nitrogens with one attached hydrogen (secondary N) is 2. The summed E-state index contributed by atoms with van der Waals surface area (Å²) >= 11 is 0. The maximum absolute atomic E-state index is 12.8. The second-order valence-corrected chi connectivity index (χ2v) is 9.92. The molecule has 10 heteroatoms. The topological polar surface area (TPSA) is 103 Å². The fourth-order valence-electron chi connectivity index (χ4n) is 4.88. The molecule has 2 aliphatic rings. The van der Waals surface area contributed by atoms with E-state index in [9.17, 15) is 9.59 Å². The minimum atomic E-state index is -0.207. The molecule has 5 rings (SSSR count). The van der Waals surface area contributed by atoms with E-state index >= 15 is 0 Å². The highest BCUT2D eigenvalue weighted by molar-refractivity contribution is 5.94. The molecule has 1 atom stereocenters. The minimum absolute atomic E-state index is 0.187. The van der Waals surface area contributed by atoms with Crippen molar-refractivity contribution in [3.05, 3.63) is 54.2 Å². The number of carbonyl (C=O) groups excluding carboxylic acids is 2. The monoisotopic (exact) mass is 517 g/mol. The van der Waals surface area contributed by atoms with Crippen LogP contribution in [0.4, 0.5) is 5.95 Å². The van der Waals surface area contributed by atoms with E-state index in [0.29, 0.717) is 31.2 Å². The summed E-state index contributed by atoms with van der Waals surface area (Å²) in [7, 11) is 2.13. The molecule has 3 aromatic rings. The number of hydrazine groups is 2. The smallest absolute Gasteiger partial charge is 0.310 e. The van der Waals surface area contributed by atoms with Crippen LogP contribution in [0, 0.1) is 5.92 Å². The summed E-state index contributed by atoms with van der Waals surface area (Å²) in [5, 5.41) is 4.92. The van der Waals surface area contributed by atoms with Gasteiger partial charge in [-0.25, -0.2) is 20.0 Å². The molecule has 0 bridgehead atoms. The van der Waals surface area contributed by atoms with Gasteiger partial charge in [-0.3, -0.25) is 20.4 Å². The van der Waals surface area contributed by atoms with E-state index in [-0.39, 0.29) is 17.8 Å². The zero-order valence-corrected chi connectivity index (χ0v) is 22.0. The normalized spacial score (nSPS) is 19.3. The number of fused-ring (bicyclic) bond motifs is 1. The number of amides is 1. The fourth-order valence-corrected chi connectivity index (χ4v) is 4.88. The third-order valence-corrected chi connectivity index (χ3v) is 7.12. The van der Waals surface area contributed by atoms with E-state index in [1.807, 2.05) is 47.6 Å². The van der Waals surface area contributed by atoms with Crippen molar-refractivity contribution >= 4 is 28.7 Å². The lowest BCUT2D eigenvalue weighted by atomic mass is 9.99. The van der Waals surface area contributed by atoms with Crippen LogP contribution in [-0.2, 0) is 9.53 Å². The Morgan fingerprint density at radius 2 is 1.76 bits per heavy atom. The molecule has 2 saturated heterocycles. The van der Waals surface area contributed by atoms with Crippen LogP contribution in [0.5, 0.6) is 0 Å². The summed E-state index contributed by atoms with van der Waals surface area (Å²) in [5.74, 6) is 0.0156. The summed E-state index contributed by atoms with van der Waals surface area (Å²) in [6.45, 7) is 7.23. The van der Waals surface area contributed by atoms with Gasteiger partial charge in [-0.1, -0.05) is 18.2 Å². The number of carbonyl (C=O) groups is 2. The molecule has 0 saturated carbocycles. The number of aromatic nitrogens is 2. The number of piperazine rings is 1. The van der Waals surface area contributed by atoms with Crippen LogP contribution >= 0.6 is 0 Å². The highest BCUT2D eigenvalue weighted by atomic mass is 16.5. The largest absolute Gasteiger partial charge is 0.466 e. The average molecular weight is 518 g/mol. The van der Waals surface area contributed by atoms with Crippen molar-refractivity contribution in [3.8, 4) is 11.1 Å². The maximum Gasteiger partial charge on any atom is 0.310 e. The molecular formula is C28H35N7O3. The van der Waals surface area contributed by atoms with Crippen molar-refractivity contribution in [1.82, 2.24) is 30.3 Å². The third-order valence-electron chi connectivity index (χ3n) is 7.12. The molecule has 2 N–H and O–H groups in total. The lowest BCUT2D eigenvalue weighted by Crippen LogP contribution is -2.49. The standard InChI is InChI=1S/C28H35N7O3/c1-3-38-27(37)23-5-4-12-35(19-23)31-26(36)21-8-6-20(7-9-21)22-10-11-25-24(17-22)18-29-28(30-25)32-34-15-13-33(2)14-16-34/h6-11,17-18,23H,3-5,12-16,19H2,1-2H3,(H,31,36)(H,29,30,32). The number of rotatable bonds is 7. The quantitative estimate of drug-likeness (QED) is 0.458. The molecule has 2 aliphatic heterocycles. The van der Waals surface area contributed by atoms with E-state index in [0.717, 1.165) is 61.1 Å². The molecular weight excluding hydrogens is 482 g/mol. The molecule has 38 heavy (non-hydrogen) atoms. The summed E-state index contributed by atoms with van der Waals surface area (Å²) in [4.78, 5) is 36.4. The summed E-state index contributed by atoms with van der Waals surface area (Å²) in [5.41, 5.74) is 9.73. The Labute approximate surface area is 222 Å². The first-order valence-electron chi connectivity index (χ1n) is 13.3. The van der Waals surface area contributed by atoms with E-state index in [4.69, 9.17) is 4.74 Å². The average Bonchev–Trinajstić information content (AvgIpc) is 2.94. The van der Waals surface area contributed by atoms with Gasteiger partial charge in [-0.2, -0.15) is 0 Å². The van der Waals surface area contributed by atoms with E-state index in [2.05, 4.69) is 43.8 Å². The van der Waals surface area contributed by atoms with Crippen molar-refractivity contribution in [1.29, 1.82) is 0 Å². The number of nitrogens with zero attached hydrogens (tertiary/aromatic N) is 5. The highest BCUT2D eigenvalue weighted by Gasteiger charge is 2.27. The van der Waals surface area contributed by atoms with Crippen LogP contribution < -0.4 is 10.9 Å². The van der Waals surface area contributed by atoms with Gasteiger partial charge in [0.25, 0.3) is 5.91 Å². The Morgan fingerprint density at radius 3 is 2.53 bits per heavy atom. The van der Waals surface area contributed by atoms with Crippen molar-refractivity contribution in [2.45, 2.75) is 19.8 Å². The van der Waals surface area contributed by atoms with Gasteiger partial charge in [0.1, 0.15) is 0 Å². The van der Waals surface area contributed by atoms with E-state index < -0.39 is 0 Å². The van der Waals surface area contributed by atoms with E-state index in [1.165, 1.54) is 0 Å². The Bertz CT molecular complexity index is 1280. The van der Waals surface area contributed by atoms with Crippen LogP contribution in [0.25, 0.3) is 22.0 Å². The van der Waals surface area contributed by atoms with Crippen LogP contribution in [-0.4, -0.2) is 89.7 Å². The molecule has 200 valence electrons. The van der Waals surface area contributed by atoms with Crippen LogP contribution in [0.1, 0.15) is 30.1 Å². The van der Waals surface area contributed by atoms with Crippen molar-refractivity contribution in [3.63, 3.8) is 0 Å². The Hall–Kier alpha value is -3.60. The number of benzene rings is 2. The molecule has 1 aromatic heterocycles. The number of piperidine rings is 1. The van der Waals surface area contributed by atoms with Crippen molar-refractivity contribution < 1.29 is 14.3 Å². The number of anilines is 1. The van der Waals surface area contributed by atoms with Crippen LogP contribution in [0.3, 0.4) is 0 Å². The number of hydrogen-bond acceptors (Lipinski definition) is 9. The van der Waals surface area contributed by atoms with Crippen molar-refractivity contribution in [2.24, 2.45) is 5.92 Å². The molecule has 10 nitrogen and oxygen atoms in total. The second kappa shape index (κ2) is 11.8. The summed E-state index contributed by atoms with van der Waals surface area (Å²) in [6, 6.07) is 13.6. The van der Waals surface area contributed by atoms with E-state index in [1.54, 1.807) is 6.92 Å². The first-order chi connectivity index (χ1) is 18.5. The highest BCUT2D eigenvalue weighted by Crippen LogP contribution is 2.25. The van der Waals surface area contributed by atoms with Gasteiger partial charge in [-0.05, 0) is 62.2 Å². The fraction of sp³-hybridized carbons (Fsp3) is 0.429. The predicted molar refractivity (Wildman–Crippen MR) is 146 cm³/mol. The number of hydrogen-bond donors (Lipinski definition) is 2. The third kappa shape index (κ3) is 6.27. The van der Waals surface area contributed by atoms with Gasteiger partial charge in [0.2, 0.25) is 5.95 Å². The number of ether oxygens (including phenoxy) is 1. The molecule has 0 spiro atoms. The Kier molecular flexibility index (Phi) is 8.11. The zero-order chi connectivity index (χ0) is 26.5. The Balaban J connectivity index is 1.21. The summed E-state index contributed by atoms with van der Waals surface area (Å²) < 4.78 is 5.15. The Morgan fingerprint density at radius 1 is 1.00 bits per heavy atom. The molecule has 1 unspecified atom stereocenters. The van der Waals surface area contributed by atoms with Gasteiger partial charge in [-0.15, -0.1) is 0 Å². The summed E-state index contributed by atoms with van der Waals surface area (Å²) in [6.07, 6.45) is 3.46. The van der Waals surface area contributed by atoms with Crippen LogP contribution in [0.15, 0.2) is 48.7 Å². The molecule has 0 aliphatic carbocycles. The molecule has 3 heterocycles. The first-order valence-corrected chi connectivity index (χ1v) is 13.3. The van der Waals surface area contributed by atoms with Gasteiger partial charge < -0.3 is 9.64 Å². The second-order valence-electron chi connectivity index (χ2n) is 9.92. The van der Waals surface area contributed by atoms with Gasteiger partial charge in [0.15, 0.2) is 0 Å². The zero-order valence-electron chi connectivity index (χ0n) is 22.0. The predicted octanol–water partition coefficient (Wildman–Crippen LogP) is 2.79. The lowest BCUT2D eigenvalue weighted by molar-refractivity contribution is -0.150. The van der Waals surface area contributed by atoms with Gasteiger partial charge >= 0.3 is 5.97 Å². The number of esters is 1. The van der Waals surface area contributed by atoms with Gasteiger partial charge in [0, 0.05) is 56.4 Å². The minimum Gasteiger partial charge on any atom is -0.466 e. The van der Waals surface area contributed by atoms with Crippen molar-refractivity contribution in [2.75, 3.05) is 58.3 Å². The number of likely N-dealkylation sites (N-methyl/N-ethyl adjacent to an activating group) is 1. The SMILES string of the molecule is CCOC(=O)C1CCCN(NC(=O)c2ccc(-c3ccc4nc(NN5CCN(C)CC5)ncc4c3)cc2)C1. The van der Waals surface area contributed by atoms with Crippen LogP contribution in [0.2, 0.25) is 0 Å². The lowest BCUT2D eigenvalue weighted by Gasteiger charge is -2.32. The molecule has 2 fully saturated rings. The molecule has 0 radical (unpaired) electrons. The van der Waals surface area contributed by atoms with Gasteiger partial charge in [0.05, 0.1) is 18.0 Å².